The third-order valence-electron chi connectivity index (χ3n) is 2.53. The van der Waals surface area contributed by atoms with E-state index in [1.807, 2.05) is 0 Å². The van der Waals surface area contributed by atoms with Crippen molar-refractivity contribution in [3.05, 3.63) is 47.0 Å². The number of hydrogen-bond donors (Lipinski definition) is 0. The minimum atomic E-state index is -1.62. The molecule has 0 N–H and O–H groups in total. The summed E-state index contributed by atoms with van der Waals surface area (Å²) in [7, 11) is 0. The van der Waals surface area contributed by atoms with E-state index in [9.17, 15) is 24.6 Å². The second kappa shape index (κ2) is 11.0. The predicted molar refractivity (Wildman–Crippen MR) is 64.6 cm³/mol. The molecule has 22 heavy (non-hydrogen) atoms. The van der Waals surface area contributed by atoms with Gasteiger partial charge in [0.2, 0.25) is 0 Å². The monoisotopic (exact) mass is 322 g/mol. The Labute approximate surface area is 172 Å². The van der Waals surface area contributed by atoms with Gasteiger partial charge in [-0.15, -0.1) is 0 Å². The summed E-state index contributed by atoms with van der Waals surface area (Å²) < 4.78 is 4.83. The van der Waals surface area contributed by atoms with Gasteiger partial charge in [-0.25, -0.2) is 4.79 Å². The van der Waals surface area contributed by atoms with E-state index in [1.165, 1.54) is 19.1 Å². The first-order valence-corrected chi connectivity index (χ1v) is 5.71. The smallest absolute Gasteiger partial charge is 0.545 e. The zero-order chi connectivity index (χ0) is 15.3. The van der Waals surface area contributed by atoms with Crippen molar-refractivity contribution in [2.45, 2.75) is 13.3 Å². The Kier molecular flexibility index (Phi) is 11.8. The van der Waals surface area contributed by atoms with Crippen LogP contribution in [0.2, 0.25) is 0 Å². The molecule has 1 rings (SSSR count). The van der Waals surface area contributed by atoms with Crippen molar-refractivity contribution in [3.8, 4) is 0 Å². The molecule has 0 saturated carbocycles. The molecule has 0 aromatic heterocycles. The summed E-state index contributed by atoms with van der Waals surface area (Å²) in [6.07, 6.45) is 0.0451. The molecule has 0 radical (unpaired) electrons. The van der Waals surface area contributed by atoms with Gasteiger partial charge in [0.05, 0.1) is 18.5 Å². The number of rotatable bonds is 6. The summed E-state index contributed by atoms with van der Waals surface area (Å²) in [5.41, 5.74) is -0.512. The van der Waals surface area contributed by atoms with Crippen LogP contribution >= 0.6 is 0 Å². The van der Waals surface area contributed by atoms with E-state index >= 15 is 0 Å². The minimum absolute atomic E-state index is 0. The fourth-order valence-electron chi connectivity index (χ4n) is 1.60. The Balaban J connectivity index is 0. The third kappa shape index (κ3) is 6.64. The van der Waals surface area contributed by atoms with Crippen LogP contribution in [0.3, 0.4) is 0 Å². The quantitative estimate of drug-likeness (QED) is 0.293. The Morgan fingerprint density at radius 2 is 1.73 bits per heavy atom. The molecule has 1 aromatic rings. The summed E-state index contributed by atoms with van der Waals surface area (Å²) in [5, 5.41) is 21.9. The fraction of sp³-hybridized carbons (Fsp3) is 0.214. The average Bonchev–Trinajstić information content (AvgIpc) is 2.37. The zero-order valence-corrected chi connectivity index (χ0v) is 16.8. The molecule has 0 unspecified atom stereocenters. The van der Waals surface area contributed by atoms with Crippen molar-refractivity contribution in [2.24, 2.45) is 0 Å². The number of carboxylic acid groups (broad SMARTS) is 2. The summed E-state index contributed by atoms with van der Waals surface area (Å²) >= 11 is 0. The van der Waals surface area contributed by atoms with Crippen LogP contribution in [0.4, 0.5) is 0 Å². The molecule has 0 aliphatic carbocycles. The average molecular weight is 322 g/mol. The maximum Gasteiger partial charge on any atom is 1.00 e. The molecule has 0 heterocycles. The standard InChI is InChI=1S/C14H14O6.2Na/c1-8(2)14(19)20-7-6-9-4-3-5-10(12(15)16)11(9)13(17)18;;/h3-5H,1,6-7H2,2H3,(H,15,16)(H,17,18);;/q;2*+1/p-2. The van der Waals surface area contributed by atoms with Gasteiger partial charge in [-0.05, 0) is 12.5 Å². The van der Waals surface area contributed by atoms with Crippen molar-refractivity contribution < 1.29 is 88.4 Å². The first kappa shape index (κ1) is 23.6. The van der Waals surface area contributed by atoms with Crippen LogP contribution in [0.15, 0.2) is 30.4 Å². The maximum absolute atomic E-state index is 11.2. The molecule has 0 amide bonds. The van der Waals surface area contributed by atoms with Crippen LogP contribution in [-0.4, -0.2) is 24.5 Å². The number of benzene rings is 1. The topological polar surface area (TPSA) is 107 Å². The number of ether oxygens (including phenoxy) is 1. The molecule has 8 heteroatoms. The van der Waals surface area contributed by atoms with Gasteiger partial charge in [0.1, 0.15) is 0 Å². The number of hydrogen-bond acceptors (Lipinski definition) is 6. The van der Waals surface area contributed by atoms with Crippen LogP contribution < -0.4 is 69.3 Å². The van der Waals surface area contributed by atoms with Gasteiger partial charge in [0, 0.05) is 23.1 Å². The van der Waals surface area contributed by atoms with Gasteiger partial charge in [-0.3, -0.25) is 0 Å². The van der Waals surface area contributed by atoms with E-state index in [-0.39, 0.29) is 83.3 Å². The summed E-state index contributed by atoms with van der Waals surface area (Å²) in [4.78, 5) is 33.1. The van der Waals surface area contributed by atoms with E-state index in [0.717, 1.165) is 6.07 Å². The number of esters is 1. The minimum Gasteiger partial charge on any atom is -0.545 e. The Hall–Kier alpha value is -0.630. The van der Waals surface area contributed by atoms with Crippen molar-refractivity contribution in [1.82, 2.24) is 0 Å². The van der Waals surface area contributed by atoms with E-state index in [1.54, 1.807) is 0 Å². The van der Waals surface area contributed by atoms with E-state index in [0.29, 0.717) is 0 Å². The van der Waals surface area contributed by atoms with Crippen LogP contribution in [0, 0.1) is 0 Å². The molecule has 0 fully saturated rings. The molecule has 1 aromatic carbocycles. The normalized spacial score (nSPS) is 8.95. The second-order valence-electron chi connectivity index (χ2n) is 4.08. The zero-order valence-electron chi connectivity index (χ0n) is 12.8. The molecule has 106 valence electrons. The SMILES string of the molecule is C=C(C)C(=O)OCCc1cccc(C(=O)[O-])c1C(=O)[O-].[Na+].[Na+]. The number of aromatic carboxylic acids is 2. The molecular weight excluding hydrogens is 310 g/mol. The van der Waals surface area contributed by atoms with Gasteiger partial charge in [-0.1, -0.05) is 24.8 Å². The van der Waals surface area contributed by atoms with E-state index in [4.69, 9.17) is 4.74 Å². The molecule has 0 atom stereocenters. The Morgan fingerprint density at radius 1 is 1.14 bits per heavy atom. The van der Waals surface area contributed by atoms with Crippen LogP contribution in [0.1, 0.15) is 33.2 Å². The fourth-order valence-corrected chi connectivity index (χ4v) is 1.60. The molecule has 0 aliphatic heterocycles. The van der Waals surface area contributed by atoms with Gasteiger partial charge in [0.15, 0.2) is 0 Å². The summed E-state index contributed by atoms with van der Waals surface area (Å²) in [6, 6.07) is 3.92. The second-order valence-corrected chi connectivity index (χ2v) is 4.08. The first-order chi connectivity index (χ1) is 9.34. The summed E-state index contributed by atoms with van der Waals surface area (Å²) in [5.74, 6) is -3.83. The first-order valence-electron chi connectivity index (χ1n) is 5.71. The molecule has 0 spiro atoms. The number of carbonyl (C=O) groups is 3. The summed E-state index contributed by atoms with van der Waals surface area (Å²) in [6.45, 7) is 4.78. The van der Waals surface area contributed by atoms with Crippen molar-refractivity contribution in [3.63, 3.8) is 0 Å². The van der Waals surface area contributed by atoms with Crippen LogP contribution in [0.25, 0.3) is 0 Å². The van der Waals surface area contributed by atoms with Gasteiger partial charge < -0.3 is 24.5 Å². The van der Waals surface area contributed by atoms with Crippen molar-refractivity contribution in [1.29, 1.82) is 0 Å². The van der Waals surface area contributed by atoms with Gasteiger partial charge in [0.25, 0.3) is 0 Å². The van der Waals surface area contributed by atoms with Crippen molar-refractivity contribution in [2.75, 3.05) is 6.61 Å². The largest absolute Gasteiger partial charge is 1.00 e. The third-order valence-corrected chi connectivity index (χ3v) is 2.53. The number of carbonyl (C=O) groups excluding carboxylic acids is 3. The van der Waals surface area contributed by atoms with Crippen molar-refractivity contribution >= 4 is 17.9 Å². The molecule has 0 saturated heterocycles. The number of carboxylic acids is 2. The molecule has 6 nitrogen and oxygen atoms in total. The Morgan fingerprint density at radius 3 is 2.18 bits per heavy atom. The Bertz CT molecular complexity index is 583. The van der Waals surface area contributed by atoms with Gasteiger partial charge in [-0.2, -0.15) is 0 Å². The molecule has 0 bridgehead atoms. The van der Waals surface area contributed by atoms with Gasteiger partial charge >= 0.3 is 65.1 Å². The van der Waals surface area contributed by atoms with Crippen LogP contribution in [0.5, 0.6) is 0 Å². The molecule has 0 aliphatic rings. The van der Waals surface area contributed by atoms with E-state index < -0.39 is 29.0 Å². The molecular formula is C14H12Na2O6. The van der Waals surface area contributed by atoms with Crippen LogP contribution in [-0.2, 0) is 16.0 Å². The maximum atomic E-state index is 11.2. The van der Waals surface area contributed by atoms with E-state index in [2.05, 4.69) is 6.58 Å². The predicted octanol–water partition coefficient (Wildman–Crippen LogP) is -6.92.